The van der Waals surface area contributed by atoms with Crippen molar-refractivity contribution in [3.63, 3.8) is 0 Å². The third-order valence-corrected chi connectivity index (χ3v) is 5.82. The van der Waals surface area contributed by atoms with Gasteiger partial charge >= 0.3 is 0 Å². The Morgan fingerprint density at radius 1 is 1.13 bits per heavy atom. The Labute approximate surface area is 174 Å². The van der Waals surface area contributed by atoms with Crippen molar-refractivity contribution in [2.45, 2.75) is 38.3 Å². The molecule has 160 valence electrons. The van der Waals surface area contributed by atoms with Crippen LogP contribution < -0.4 is 16.2 Å². The van der Waals surface area contributed by atoms with Gasteiger partial charge in [-0.1, -0.05) is 0 Å². The molecule has 0 radical (unpaired) electrons. The van der Waals surface area contributed by atoms with Crippen molar-refractivity contribution >= 4 is 11.8 Å². The number of aromatic nitrogens is 1. The molecule has 1 aliphatic rings. The van der Waals surface area contributed by atoms with E-state index in [1.807, 2.05) is 7.05 Å². The van der Waals surface area contributed by atoms with E-state index in [9.17, 15) is 18.8 Å². The molecule has 1 saturated heterocycles. The van der Waals surface area contributed by atoms with E-state index in [2.05, 4.69) is 15.5 Å². The van der Waals surface area contributed by atoms with Crippen LogP contribution in [0.5, 0.6) is 0 Å². The summed E-state index contributed by atoms with van der Waals surface area (Å²) in [6.45, 7) is 2.11. The number of hydrogen-bond acceptors (Lipinski definition) is 4. The summed E-state index contributed by atoms with van der Waals surface area (Å²) in [6.07, 6.45) is 3.76. The van der Waals surface area contributed by atoms with Crippen molar-refractivity contribution in [1.82, 2.24) is 20.1 Å². The summed E-state index contributed by atoms with van der Waals surface area (Å²) in [6, 6.07) is 7.47. The minimum Gasteiger partial charge on any atom is -0.359 e. The minimum absolute atomic E-state index is 0.00205. The molecule has 8 heteroatoms. The fourth-order valence-electron chi connectivity index (χ4n) is 3.90. The number of carbonyl (C=O) groups is 2. The molecule has 7 nitrogen and oxygen atoms in total. The van der Waals surface area contributed by atoms with Crippen LogP contribution in [-0.4, -0.2) is 54.0 Å². The number of benzene rings is 1. The van der Waals surface area contributed by atoms with Crippen LogP contribution in [0.2, 0.25) is 0 Å². The van der Waals surface area contributed by atoms with E-state index >= 15 is 0 Å². The fraction of sp³-hybridized carbons (Fsp3) is 0.409. The molecule has 0 unspecified atom stereocenters. The van der Waals surface area contributed by atoms with Gasteiger partial charge in [0.15, 0.2) is 0 Å². The Bertz CT molecular complexity index is 987. The van der Waals surface area contributed by atoms with Crippen LogP contribution in [0.3, 0.4) is 0 Å². The number of pyridine rings is 1. The van der Waals surface area contributed by atoms with Gasteiger partial charge in [0.25, 0.3) is 11.5 Å². The molecular weight excluding hydrogens is 387 g/mol. The highest BCUT2D eigenvalue weighted by atomic mass is 19.1. The summed E-state index contributed by atoms with van der Waals surface area (Å²) < 4.78 is 14.5. The lowest BCUT2D eigenvalue weighted by atomic mass is 10.1. The summed E-state index contributed by atoms with van der Waals surface area (Å²) in [7, 11) is 3.57. The third-order valence-electron chi connectivity index (χ3n) is 5.82. The van der Waals surface area contributed by atoms with Crippen LogP contribution >= 0.6 is 0 Å². The quantitative estimate of drug-likeness (QED) is 0.752. The molecule has 0 spiro atoms. The molecule has 2 amide bonds. The van der Waals surface area contributed by atoms with Crippen molar-refractivity contribution in [2.75, 3.05) is 20.6 Å². The van der Waals surface area contributed by atoms with Crippen molar-refractivity contribution in [1.29, 1.82) is 0 Å². The highest BCUT2D eigenvalue weighted by Crippen LogP contribution is 2.24. The first-order chi connectivity index (χ1) is 14.3. The Morgan fingerprint density at radius 2 is 1.80 bits per heavy atom. The zero-order chi connectivity index (χ0) is 21.8. The van der Waals surface area contributed by atoms with Gasteiger partial charge in [0.2, 0.25) is 5.91 Å². The van der Waals surface area contributed by atoms with Crippen LogP contribution in [0.15, 0.2) is 41.3 Å². The molecule has 30 heavy (non-hydrogen) atoms. The van der Waals surface area contributed by atoms with Gasteiger partial charge in [0, 0.05) is 44.0 Å². The number of nitrogens with zero attached hydrogens (tertiary/aromatic N) is 2. The number of nitrogens with one attached hydrogen (secondary N) is 2. The molecule has 2 heterocycles. The predicted octanol–water partition coefficient (Wildman–Crippen LogP) is 1.61. The second-order valence-electron chi connectivity index (χ2n) is 7.66. The van der Waals surface area contributed by atoms with E-state index < -0.39 is 17.3 Å². The molecule has 2 aromatic rings. The molecule has 1 aromatic heterocycles. The lowest BCUT2D eigenvalue weighted by molar-refractivity contribution is -0.121. The van der Waals surface area contributed by atoms with E-state index in [4.69, 9.17) is 0 Å². The SMILES string of the molecule is CNC(=O)C[C@H]1CC[C@@H](CNC(=O)c2c(C)ccn(-c3ccc(F)cc3)c2=O)N1C. The Morgan fingerprint density at radius 3 is 2.47 bits per heavy atom. The first kappa shape index (κ1) is 21.7. The summed E-state index contributed by atoms with van der Waals surface area (Å²) in [5, 5.41) is 5.51. The molecule has 0 bridgehead atoms. The second-order valence-corrected chi connectivity index (χ2v) is 7.66. The number of rotatable bonds is 6. The first-order valence-electron chi connectivity index (χ1n) is 10.0. The predicted molar refractivity (Wildman–Crippen MR) is 112 cm³/mol. The number of halogens is 1. The smallest absolute Gasteiger partial charge is 0.268 e. The van der Waals surface area contributed by atoms with Crippen LogP contribution in [0.4, 0.5) is 4.39 Å². The first-order valence-corrected chi connectivity index (χ1v) is 10.0. The molecule has 0 aliphatic carbocycles. The van der Waals surface area contributed by atoms with Gasteiger partial charge in [-0.05, 0) is 62.7 Å². The summed E-state index contributed by atoms with van der Waals surface area (Å²) in [5.74, 6) is -0.831. The van der Waals surface area contributed by atoms with E-state index in [0.717, 1.165) is 12.8 Å². The number of carbonyl (C=O) groups excluding carboxylic acids is 2. The topological polar surface area (TPSA) is 83.4 Å². The monoisotopic (exact) mass is 414 g/mol. The zero-order valence-corrected chi connectivity index (χ0v) is 17.4. The molecule has 3 rings (SSSR count). The molecule has 2 N–H and O–H groups in total. The fourth-order valence-corrected chi connectivity index (χ4v) is 3.90. The highest BCUT2D eigenvalue weighted by molar-refractivity contribution is 5.95. The largest absolute Gasteiger partial charge is 0.359 e. The lowest BCUT2D eigenvalue weighted by Crippen LogP contribution is -2.43. The van der Waals surface area contributed by atoms with Crippen molar-refractivity contribution in [2.24, 2.45) is 0 Å². The number of amides is 2. The summed E-state index contributed by atoms with van der Waals surface area (Å²) in [5.41, 5.74) is 0.692. The number of likely N-dealkylation sites (N-methyl/N-ethyl adjacent to an activating group) is 1. The molecule has 1 fully saturated rings. The van der Waals surface area contributed by atoms with Crippen molar-refractivity contribution < 1.29 is 14.0 Å². The van der Waals surface area contributed by atoms with Gasteiger partial charge in [-0.3, -0.25) is 23.9 Å². The average molecular weight is 414 g/mol. The third kappa shape index (κ3) is 4.59. The lowest BCUT2D eigenvalue weighted by Gasteiger charge is -2.25. The maximum Gasteiger partial charge on any atom is 0.268 e. The van der Waals surface area contributed by atoms with Gasteiger partial charge in [-0.25, -0.2) is 4.39 Å². The molecule has 1 aromatic carbocycles. The van der Waals surface area contributed by atoms with Gasteiger partial charge < -0.3 is 10.6 Å². The van der Waals surface area contributed by atoms with Gasteiger partial charge in [0.1, 0.15) is 11.4 Å². The molecule has 0 saturated carbocycles. The Kier molecular flexibility index (Phi) is 6.66. The van der Waals surface area contributed by atoms with Crippen LogP contribution in [0.1, 0.15) is 35.2 Å². The second kappa shape index (κ2) is 9.21. The van der Waals surface area contributed by atoms with Crippen LogP contribution in [-0.2, 0) is 4.79 Å². The Hall–Kier alpha value is -3.00. The van der Waals surface area contributed by atoms with Gasteiger partial charge in [-0.2, -0.15) is 0 Å². The molecule has 1 aliphatic heterocycles. The highest BCUT2D eigenvalue weighted by Gasteiger charge is 2.32. The number of likely N-dealkylation sites (tertiary alicyclic amines) is 1. The van der Waals surface area contributed by atoms with E-state index in [-0.39, 0.29) is 23.6 Å². The maximum absolute atomic E-state index is 13.2. The minimum atomic E-state index is -0.448. The number of aryl methyl sites for hydroxylation is 1. The molecular formula is C22H27FN4O3. The van der Waals surface area contributed by atoms with Crippen molar-refractivity contribution in [3.05, 3.63) is 63.8 Å². The number of hydrogen-bond donors (Lipinski definition) is 2. The normalized spacial score (nSPS) is 18.9. The summed E-state index contributed by atoms with van der Waals surface area (Å²) in [4.78, 5) is 39.5. The zero-order valence-electron chi connectivity index (χ0n) is 17.4. The van der Waals surface area contributed by atoms with Gasteiger partial charge in [-0.15, -0.1) is 0 Å². The van der Waals surface area contributed by atoms with Crippen LogP contribution in [0, 0.1) is 12.7 Å². The van der Waals surface area contributed by atoms with Gasteiger partial charge in [0.05, 0.1) is 0 Å². The van der Waals surface area contributed by atoms with E-state index in [0.29, 0.717) is 24.2 Å². The Balaban J connectivity index is 1.72. The maximum atomic E-state index is 13.2. The van der Waals surface area contributed by atoms with E-state index in [1.54, 1.807) is 26.2 Å². The van der Waals surface area contributed by atoms with Crippen molar-refractivity contribution in [3.8, 4) is 5.69 Å². The average Bonchev–Trinajstić information content (AvgIpc) is 3.06. The summed E-state index contributed by atoms with van der Waals surface area (Å²) >= 11 is 0. The molecule has 2 atom stereocenters. The van der Waals surface area contributed by atoms with Crippen LogP contribution in [0.25, 0.3) is 5.69 Å². The standard InChI is InChI=1S/C22H27FN4O3/c1-14-10-11-27(16-6-4-15(23)5-7-16)22(30)20(14)21(29)25-13-18-9-8-17(26(18)3)12-19(28)24-2/h4-7,10-11,17-18H,8-9,12-13H2,1-3H3,(H,24,28)(H,25,29)/t17-,18+/m1/s1. The van der Waals surface area contributed by atoms with E-state index in [1.165, 1.54) is 28.8 Å².